The van der Waals surface area contributed by atoms with Gasteiger partial charge in [0.25, 0.3) is 11.5 Å². The van der Waals surface area contributed by atoms with Gasteiger partial charge in [-0.2, -0.15) is 4.68 Å². The van der Waals surface area contributed by atoms with Crippen molar-refractivity contribution in [1.82, 2.24) is 14.5 Å². The quantitative estimate of drug-likeness (QED) is 0.669. The SMILES string of the molecule is C#CCN1C(=O)/C(=c2\sc3n(c2=O)NC2C(N=3)N(CC)C(=O)N2CC)c2ccccc21. The lowest BCUT2D eigenvalue weighted by molar-refractivity contribution is -0.112. The van der Waals surface area contributed by atoms with Crippen LogP contribution in [0.4, 0.5) is 10.5 Å². The summed E-state index contributed by atoms with van der Waals surface area (Å²) in [7, 11) is 0. The fraction of sp³-hybridized carbons (Fsp3) is 0.333. The van der Waals surface area contributed by atoms with E-state index in [9.17, 15) is 14.4 Å². The Kier molecular flexibility index (Phi) is 4.37. The number of fused-ring (bicyclic) bond motifs is 3. The van der Waals surface area contributed by atoms with Gasteiger partial charge in [-0.15, -0.1) is 6.42 Å². The number of amides is 3. The van der Waals surface area contributed by atoms with Crippen LogP contribution in [0.5, 0.6) is 0 Å². The molecule has 0 spiro atoms. The number of urea groups is 1. The first kappa shape index (κ1) is 19.4. The summed E-state index contributed by atoms with van der Waals surface area (Å²) in [5.74, 6) is 2.21. The van der Waals surface area contributed by atoms with E-state index in [2.05, 4.69) is 11.3 Å². The molecule has 0 bridgehead atoms. The molecule has 2 aromatic rings. The van der Waals surface area contributed by atoms with Crippen LogP contribution >= 0.6 is 11.3 Å². The van der Waals surface area contributed by atoms with Crippen LogP contribution in [-0.2, 0) is 4.79 Å². The average Bonchev–Trinajstić information content (AvgIpc) is 3.33. The van der Waals surface area contributed by atoms with Gasteiger partial charge in [-0.05, 0) is 19.9 Å². The lowest BCUT2D eigenvalue weighted by atomic mass is 10.1. The molecule has 1 fully saturated rings. The first-order valence-electron chi connectivity index (χ1n) is 10.0. The molecule has 31 heavy (non-hydrogen) atoms. The minimum Gasteiger partial charge on any atom is -0.299 e. The Morgan fingerprint density at radius 1 is 1.16 bits per heavy atom. The van der Waals surface area contributed by atoms with Gasteiger partial charge in [-0.3, -0.25) is 29.7 Å². The van der Waals surface area contributed by atoms with E-state index in [4.69, 9.17) is 11.4 Å². The summed E-state index contributed by atoms with van der Waals surface area (Å²) < 4.78 is 1.66. The molecule has 5 rings (SSSR count). The number of rotatable bonds is 3. The molecule has 3 amide bonds. The first-order chi connectivity index (χ1) is 15.0. The number of aromatic nitrogens is 1. The molecule has 158 valence electrons. The highest BCUT2D eigenvalue weighted by atomic mass is 32.1. The third-order valence-electron chi connectivity index (χ3n) is 5.80. The molecule has 3 aliphatic rings. The molecule has 0 aliphatic carbocycles. The number of nitrogens with one attached hydrogen (secondary N) is 1. The molecular formula is C21H20N6O3S. The van der Waals surface area contributed by atoms with Crippen LogP contribution in [0, 0.1) is 12.3 Å². The number of terminal acetylenes is 1. The van der Waals surface area contributed by atoms with Crippen molar-refractivity contribution < 1.29 is 9.59 Å². The number of likely N-dealkylation sites (N-methyl/N-ethyl adjacent to an activating group) is 2. The summed E-state index contributed by atoms with van der Waals surface area (Å²) in [5.41, 5.74) is 4.50. The summed E-state index contributed by atoms with van der Waals surface area (Å²) in [6.45, 7) is 4.91. The molecule has 3 aliphatic heterocycles. The standard InChI is InChI=1S/C21H20N6O3S/c1-4-11-26-13-10-8-7-9-12(13)14(18(26)28)15-19(29)27-20(31-15)22-16-17(23-27)25(6-3)21(30)24(16)5-2/h1,7-10,16-17,23H,5-6,11H2,2-3H3/b15-14-. The minimum atomic E-state index is -0.445. The number of para-hydroxylation sites is 1. The van der Waals surface area contributed by atoms with E-state index >= 15 is 0 Å². The number of hydrogen-bond donors (Lipinski definition) is 1. The maximum atomic E-state index is 13.3. The molecule has 2 unspecified atom stereocenters. The zero-order chi connectivity index (χ0) is 21.9. The normalized spacial score (nSPS) is 23.2. The number of nitrogens with zero attached hydrogens (tertiary/aromatic N) is 5. The Balaban J connectivity index is 1.72. The van der Waals surface area contributed by atoms with Crippen LogP contribution in [0.3, 0.4) is 0 Å². The number of anilines is 1. The highest BCUT2D eigenvalue weighted by Gasteiger charge is 2.47. The fourth-order valence-corrected chi connectivity index (χ4v) is 5.43. The largest absolute Gasteiger partial charge is 0.323 e. The molecule has 2 atom stereocenters. The number of carbonyl (C=O) groups excluding carboxylic acids is 2. The third-order valence-corrected chi connectivity index (χ3v) is 6.85. The van der Waals surface area contributed by atoms with Gasteiger partial charge in [-0.25, -0.2) is 9.79 Å². The van der Waals surface area contributed by atoms with Crippen molar-refractivity contribution in [3.05, 3.63) is 49.5 Å². The minimum absolute atomic E-state index is 0.112. The second kappa shape index (κ2) is 6.99. The smallest absolute Gasteiger partial charge is 0.299 e. The molecule has 0 radical (unpaired) electrons. The predicted molar refractivity (Wildman–Crippen MR) is 117 cm³/mol. The van der Waals surface area contributed by atoms with Gasteiger partial charge in [0, 0.05) is 18.7 Å². The second-order valence-corrected chi connectivity index (χ2v) is 8.29. The van der Waals surface area contributed by atoms with Crippen molar-refractivity contribution in [1.29, 1.82) is 0 Å². The summed E-state index contributed by atoms with van der Waals surface area (Å²) in [4.78, 5) is 49.1. The van der Waals surface area contributed by atoms with E-state index in [0.717, 1.165) is 11.3 Å². The Bertz CT molecular complexity index is 1340. The van der Waals surface area contributed by atoms with Crippen LogP contribution in [0.15, 0.2) is 34.1 Å². The molecule has 1 aromatic heterocycles. The monoisotopic (exact) mass is 436 g/mol. The van der Waals surface area contributed by atoms with Crippen LogP contribution < -0.4 is 25.2 Å². The Morgan fingerprint density at radius 3 is 2.61 bits per heavy atom. The molecule has 1 saturated heterocycles. The summed E-state index contributed by atoms with van der Waals surface area (Å²) in [5, 5.41) is 0. The fourth-order valence-electron chi connectivity index (χ4n) is 4.38. The number of hydrogen-bond acceptors (Lipinski definition) is 6. The number of thiazole rings is 1. The Hall–Kier alpha value is -3.58. The summed E-state index contributed by atoms with van der Waals surface area (Å²) >= 11 is 1.15. The third kappa shape index (κ3) is 2.56. The molecule has 1 N–H and O–H groups in total. The molecule has 0 saturated carbocycles. The highest BCUT2D eigenvalue weighted by molar-refractivity contribution is 7.07. The predicted octanol–water partition coefficient (Wildman–Crippen LogP) is -0.305. The lowest BCUT2D eigenvalue weighted by Crippen LogP contribution is -2.55. The molecule has 9 nitrogen and oxygen atoms in total. The van der Waals surface area contributed by atoms with E-state index in [0.29, 0.717) is 39.2 Å². The summed E-state index contributed by atoms with van der Waals surface area (Å²) in [6.07, 6.45) is 4.58. The Labute approximate surface area is 181 Å². The second-order valence-electron chi connectivity index (χ2n) is 7.31. The van der Waals surface area contributed by atoms with Crippen LogP contribution in [-0.4, -0.2) is 58.4 Å². The van der Waals surface area contributed by atoms with Gasteiger partial charge in [0.1, 0.15) is 4.53 Å². The molecule has 10 heteroatoms. The van der Waals surface area contributed by atoms with Crippen LogP contribution in [0.25, 0.3) is 5.57 Å². The van der Waals surface area contributed by atoms with Gasteiger partial charge in [0.2, 0.25) is 4.80 Å². The van der Waals surface area contributed by atoms with Gasteiger partial charge >= 0.3 is 6.03 Å². The maximum Gasteiger partial charge on any atom is 0.323 e. The molecular weight excluding hydrogens is 416 g/mol. The van der Waals surface area contributed by atoms with Crippen molar-refractivity contribution in [3.8, 4) is 12.3 Å². The first-order valence-corrected chi connectivity index (χ1v) is 10.9. The van der Waals surface area contributed by atoms with E-state index in [-0.39, 0.29) is 24.0 Å². The van der Waals surface area contributed by atoms with Crippen molar-refractivity contribution >= 4 is 34.5 Å². The topological polar surface area (TPSA) is 90.2 Å². The molecule has 1 aromatic carbocycles. The number of benzene rings is 1. The average molecular weight is 436 g/mol. The number of carbonyl (C=O) groups is 2. The highest BCUT2D eigenvalue weighted by Crippen LogP contribution is 2.34. The Morgan fingerprint density at radius 2 is 1.90 bits per heavy atom. The van der Waals surface area contributed by atoms with Gasteiger partial charge in [0.15, 0.2) is 12.3 Å². The molecule has 4 heterocycles. The maximum absolute atomic E-state index is 13.3. The van der Waals surface area contributed by atoms with Crippen molar-refractivity contribution in [2.75, 3.05) is 30.0 Å². The van der Waals surface area contributed by atoms with Crippen molar-refractivity contribution in [2.45, 2.75) is 26.2 Å². The van der Waals surface area contributed by atoms with E-state index in [1.54, 1.807) is 9.80 Å². The lowest BCUT2D eigenvalue weighted by Gasteiger charge is -2.28. The zero-order valence-electron chi connectivity index (χ0n) is 17.0. The van der Waals surface area contributed by atoms with E-state index in [1.807, 2.05) is 38.1 Å². The van der Waals surface area contributed by atoms with E-state index in [1.165, 1.54) is 9.58 Å². The van der Waals surface area contributed by atoms with Gasteiger partial charge in [0.05, 0.1) is 17.8 Å². The summed E-state index contributed by atoms with van der Waals surface area (Å²) in [6, 6.07) is 7.18. The zero-order valence-corrected chi connectivity index (χ0v) is 17.8. The van der Waals surface area contributed by atoms with Crippen molar-refractivity contribution in [3.63, 3.8) is 0 Å². The van der Waals surface area contributed by atoms with Gasteiger partial charge in [-0.1, -0.05) is 35.5 Å². The van der Waals surface area contributed by atoms with Crippen LogP contribution in [0.1, 0.15) is 19.4 Å². The van der Waals surface area contributed by atoms with Crippen molar-refractivity contribution in [2.24, 2.45) is 4.99 Å². The van der Waals surface area contributed by atoms with E-state index < -0.39 is 12.3 Å². The van der Waals surface area contributed by atoms with Crippen LogP contribution in [0.2, 0.25) is 0 Å². The van der Waals surface area contributed by atoms with Gasteiger partial charge < -0.3 is 0 Å².